The number of piperidine rings is 1. The van der Waals surface area contributed by atoms with E-state index in [0.717, 1.165) is 6.42 Å². The summed E-state index contributed by atoms with van der Waals surface area (Å²) in [6, 6.07) is -0.625. The van der Waals surface area contributed by atoms with Gasteiger partial charge in [-0.1, -0.05) is 6.92 Å². The predicted octanol–water partition coefficient (Wildman–Crippen LogP) is -0.467. The fourth-order valence-corrected chi connectivity index (χ4v) is 2.30. The van der Waals surface area contributed by atoms with E-state index in [1.165, 1.54) is 12.0 Å². The molecule has 100 valence electrons. The van der Waals surface area contributed by atoms with E-state index in [9.17, 15) is 14.4 Å². The Morgan fingerprint density at radius 2 is 2.06 bits per heavy atom. The van der Waals surface area contributed by atoms with Crippen molar-refractivity contribution in [3.8, 4) is 0 Å². The molecule has 0 bridgehead atoms. The monoisotopic (exact) mass is 254 g/mol. The van der Waals surface area contributed by atoms with Crippen LogP contribution in [0.4, 0.5) is 0 Å². The van der Waals surface area contributed by atoms with Crippen molar-refractivity contribution in [2.75, 3.05) is 20.2 Å². The van der Waals surface area contributed by atoms with Crippen LogP contribution in [0.2, 0.25) is 0 Å². The van der Waals surface area contributed by atoms with Crippen molar-refractivity contribution in [2.24, 2.45) is 11.8 Å². The molecule has 0 aromatic rings. The van der Waals surface area contributed by atoms with Gasteiger partial charge >= 0.3 is 5.97 Å². The normalized spacial score (nSPS) is 27.1. The second-order valence-corrected chi connectivity index (χ2v) is 4.77. The van der Waals surface area contributed by atoms with E-state index in [1.54, 1.807) is 0 Å². The summed E-state index contributed by atoms with van der Waals surface area (Å²) in [6.07, 6.45) is 1.54. The molecule has 1 saturated carbocycles. The third-order valence-electron chi connectivity index (χ3n) is 3.45. The van der Waals surface area contributed by atoms with E-state index in [2.05, 4.69) is 10.1 Å². The molecule has 6 heteroatoms. The van der Waals surface area contributed by atoms with Crippen LogP contribution >= 0.6 is 0 Å². The molecule has 2 rings (SSSR count). The van der Waals surface area contributed by atoms with Gasteiger partial charge in [0.05, 0.1) is 25.5 Å². The summed E-state index contributed by atoms with van der Waals surface area (Å²) < 4.78 is 4.68. The SMILES string of the molecule is CCCNC(CN1C(=O)C2CC2C1=O)C(=O)OC. The molecule has 2 aliphatic rings. The highest BCUT2D eigenvalue weighted by atomic mass is 16.5. The first kappa shape index (κ1) is 13.0. The highest BCUT2D eigenvalue weighted by Crippen LogP contribution is 2.46. The molecule has 1 heterocycles. The number of ether oxygens (including phenoxy) is 1. The van der Waals surface area contributed by atoms with Crippen molar-refractivity contribution >= 4 is 17.8 Å². The molecule has 3 atom stereocenters. The fraction of sp³-hybridized carbons (Fsp3) is 0.750. The highest BCUT2D eigenvalue weighted by Gasteiger charge is 2.59. The van der Waals surface area contributed by atoms with Crippen molar-refractivity contribution in [3.05, 3.63) is 0 Å². The van der Waals surface area contributed by atoms with E-state index in [-0.39, 0.29) is 30.2 Å². The van der Waals surface area contributed by atoms with Gasteiger partial charge in [0.1, 0.15) is 6.04 Å². The third-order valence-corrected chi connectivity index (χ3v) is 3.45. The number of nitrogens with one attached hydrogen (secondary N) is 1. The third kappa shape index (κ3) is 2.25. The molecular weight excluding hydrogens is 236 g/mol. The number of likely N-dealkylation sites (tertiary alicyclic amines) is 1. The second-order valence-electron chi connectivity index (χ2n) is 4.77. The number of methoxy groups -OCH3 is 1. The Kier molecular flexibility index (Phi) is 3.65. The summed E-state index contributed by atoms with van der Waals surface area (Å²) in [5, 5.41) is 3.00. The standard InChI is InChI=1S/C12H18N2O4/c1-3-4-13-9(12(17)18-2)6-14-10(15)7-5-8(7)11(14)16/h7-9,13H,3-6H2,1-2H3. The molecule has 3 unspecified atom stereocenters. The van der Waals surface area contributed by atoms with Gasteiger partial charge < -0.3 is 10.1 Å². The van der Waals surface area contributed by atoms with Crippen molar-refractivity contribution in [3.63, 3.8) is 0 Å². The fourth-order valence-electron chi connectivity index (χ4n) is 2.30. The lowest BCUT2D eigenvalue weighted by Crippen LogP contribution is -2.49. The summed E-state index contributed by atoms with van der Waals surface area (Å²) >= 11 is 0. The van der Waals surface area contributed by atoms with Crippen LogP contribution in [0.5, 0.6) is 0 Å². The summed E-state index contributed by atoms with van der Waals surface area (Å²) in [6.45, 7) is 2.70. The van der Waals surface area contributed by atoms with Crippen molar-refractivity contribution in [1.29, 1.82) is 0 Å². The van der Waals surface area contributed by atoms with Gasteiger partial charge in [-0.25, -0.2) is 0 Å². The maximum Gasteiger partial charge on any atom is 0.324 e. The number of carbonyl (C=O) groups excluding carboxylic acids is 3. The van der Waals surface area contributed by atoms with Crippen LogP contribution in [0.1, 0.15) is 19.8 Å². The molecule has 1 N–H and O–H groups in total. The minimum atomic E-state index is -0.625. The zero-order valence-electron chi connectivity index (χ0n) is 10.6. The molecule has 18 heavy (non-hydrogen) atoms. The number of amides is 2. The Balaban J connectivity index is 1.97. The van der Waals surface area contributed by atoms with Crippen LogP contribution in [-0.2, 0) is 19.1 Å². The van der Waals surface area contributed by atoms with Gasteiger partial charge in [0, 0.05) is 0 Å². The average Bonchev–Trinajstić information content (AvgIpc) is 3.12. The van der Waals surface area contributed by atoms with Crippen LogP contribution in [0, 0.1) is 11.8 Å². The topological polar surface area (TPSA) is 75.7 Å². The smallest absolute Gasteiger partial charge is 0.324 e. The Bertz CT molecular complexity index is 362. The van der Waals surface area contributed by atoms with Gasteiger partial charge in [-0.05, 0) is 19.4 Å². The zero-order valence-corrected chi connectivity index (χ0v) is 10.6. The second kappa shape index (κ2) is 5.06. The van der Waals surface area contributed by atoms with Gasteiger partial charge in [0.15, 0.2) is 0 Å². The first-order valence-corrected chi connectivity index (χ1v) is 6.26. The number of hydrogen-bond donors (Lipinski definition) is 1. The number of imide groups is 1. The number of rotatable bonds is 6. The quantitative estimate of drug-likeness (QED) is 0.512. The minimum Gasteiger partial charge on any atom is -0.468 e. The number of esters is 1. The Labute approximate surface area is 106 Å². The van der Waals surface area contributed by atoms with Crippen LogP contribution in [0.15, 0.2) is 0 Å². The van der Waals surface area contributed by atoms with Crippen LogP contribution < -0.4 is 5.32 Å². The first-order valence-electron chi connectivity index (χ1n) is 6.26. The maximum absolute atomic E-state index is 11.8. The summed E-state index contributed by atoms with van der Waals surface area (Å²) in [5.41, 5.74) is 0. The molecule has 1 saturated heterocycles. The molecule has 1 aliphatic heterocycles. The summed E-state index contributed by atoms with van der Waals surface area (Å²) in [5.74, 6) is -0.969. The van der Waals surface area contributed by atoms with Gasteiger partial charge in [0.2, 0.25) is 11.8 Å². The molecule has 2 fully saturated rings. The van der Waals surface area contributed by atoms with Crippen LogP contribution in [0.3, 0.4) is 0 Å². The lowest BCUT2D eigenvalue weighted by Gasteiger charge is -2.22. The summed E-state index contributed by atoms with van der Waals surface area (Å²) in [4.78, 5) is 36.4. The van der Waals surface area contributed by atoms with E-state index in [1.807, 2.05) is 6.92 Å². The number of hydrogen-bond acceptors (Lipinski definition) is 5. The van der Waals surface area contributed by atoms with Crippen LogP contribution in [-0.4, -0.2) is 48.9 Å². The molecular formula is C12H18N2O4. The Hall–Kier alpha value is -1.43. The highest BCUT2D eigenvalue weighted by molar-refractivity contribution is 6.09. The number of carbonyl (C=O) groups is 3. The predicted molar refractivity (Wildman–Crippen MR) is 62.4 cm³/mol. The van der Waals surface area contributed by atoms with Gasteiger partial charge in [0.25, 0.3) is 0 Å². The molecule has 0 aromatic carbocycles. The summed E-state index contributed by atoms with van der Waals surface area (Å²) in [7, 11) is 1.30. The van der Waals surface area contributed by atoms with E-state index in [0.29, 0.717) is 13.0 Å². The van der Waals surface area contributed by atoms with E-state index < -0.39 is 12.0 Å². The molecule has 1 aliphatic carbocycles. The molecule has 2 amide bonds. The molecule has 0 aromatic heterocycles. The van der Waals surface area contributed by atoms with Crippen molar-refractivity contribution in [2.45, 2.75) is 25.8 Å². The lowest BCUT2D eigenvalue weighted by atomic mass is 10.2. The van der Waals surface area contributed by atoms with Gasteiger partial charge in [-0.2, -0.15) is 0 Å². The van der Waals surface area contributed by atoms with Gasteiger partial charge in [-0.3, -0.25) is 19.3 Å². The largest absolute Gasteiger partial charge is 0.468 e. The molecule has 0 radical (unpaired) electrons. The van der Waals surface area contributed by atoms with Crippen LogP contribution in [0.25, 0.3) is 0 Å². The minimum absolute atomic E-state index is 0.0807. The average molecular weight is 254 g/mol. The van der Waals surface area contributed by atoms with Crippen molar-refractivity contribution < 1.29 is 19.1 Å². The van der Waals surface area contributed by atoms with Gasteiger partial charge in [-0.15, -0.1) is 0 Å². The van der Waals surface area contributed by atoms with Crippen molar-refractivity contribution in [1.82, 2.24) is 10.2 Å². The number of nitrogens with zero attached hydrogens (tertiary/aromatic N) is 1. The number of fused-ring (bicyclic) bond motifs is 1. The van der Waals surface area contributed by atoms with E-state index in [4.69, 9.17) is 0 Å². The lowest BCUT2D eigenvalue weighted by molar-refractivity contribution is -0.146. The molecule has 6 nitrogen and oxygen atoms in total. The Morgan fingerprint density at radius 3 is 2.56 bits per heavy atom. The maximum atomic E-state index is 11.8. The zero-order chi connectivity index (χ0) is 13.3. The van der Waals surface area contributed by atoms with E-state index >= 15 is 0 Å². The molecule has 0 spiro atoms. The Morgan fingerprint density at radius 1 is 1.44 bits per heavy atom. The first-order chi connectivity index (χ1) is 8.60.